The number of nitro benzene ring substituents is 1. The number of halogens is 2. The Kier molecular flexibility index (Phi) is 9.54. The second-order valence-corrected chi connectivity index (χ2v) is 8.70. The van der Waals surface area contributed by atoms with E-state index in [0.717, 1.165) is 0 Å². The highest BCUT2D eigenvalue weighted by atomic mass is 35.5. The molecule has 1 heterocycles. The Morgan fingerprint density at radius 1 is 1.03 bits per heavy atom. The van der Waals surface area contributed by atoms with Gasteiger partial charge in [0.25, 0.3) is 5.69 Å². The van der Waals surface area contributed by atoms with Gasteiger partial charge < -0.3 is 24.3 Å². The molecule has 38 heavy (non-hydrogen) atoms. The fourth-order valence-electron chi connectivity index (χ4n) is 3.54. The van der Waals surface area contributed by atoms with Crippen molar-refractivity contribution in [3.63, 3.8) is 0 Å². The normalized spacial score (nSPS) is 14.8. The van der Waals surface area contributed by atoms with E-state index in [1.807, 2.05) is 6.07 Å². The standard InChI is InChI=1S/C25H21Cl2N3O8/c1-14-22(37-24(31)35-10-4-9-28)21(17-5-3-6-18(12-17)30(33)34)23(15(2)29-14)38-25(32)36-13-16-7-8-19(26)20(27)11-16/h3,5-8,11-12,21,29H,4,10,13H2,1-2H3. The van der Waals surface area contributed by atoms with Gasteiger partial charge in [-0.05, 0) is 37.1 Å². The van der Waals surface area contributed by atoms with Crippen LogP contribution in [0.25, 0.3) is 0 Å². The van der Waals surface area contributed by atoms with E-state index in [2.05, 4.69) is 5.32 Å². The van der Waals surface area contributed by atoms with Crippen molar-refractivity contribution in [3.05, 3.63) is 96.7 Å². The van der Waals surface area contributed by atoms with Gasteiger partial charge in [-0.25, -0.2) is 9.59 Å². The van der Waals surface area contributed by atoms with Gasteiger partial charge in [-0.1, -0.05) is 41.4 Å². The van der Waals surface area contributed by atoms with E-state index in [4.69, 9.17) is 47.4 Å². The van der Waals surface area contributed by atoms with Crippen molar-refractivity contribution in [1.29, 1.82) is 5.26 Å². The topological polar surface area (TPSA) is 150 Å². The number of nitrogens with zero attached hydrogens (tertiary/aromatic N) is 2. The SMILES string of the molecule is CC1=C(OC(=O)OCCC#N)C(c2cccc([N+](=O)[O-])c2)C(OC(=O)OCc2ccc(Cl)c(Cl)c2)=C(C)N1. The van der Waals surface area contributed by atoms with E-state index in [0.29, 0.717) is 27.5 Å². The van der Waals surface area contributed by atoms with Crippen LogP contribution in [0.4, 0.5) is 15.3 Å². The van der Waals surface area contributed by atoms with Crippen LogP contribution in [0.15, 0.2) is 65.4 Å². The molecule has 11 nitrogen and oxygen atoms in total. The average molecular weight is 562 g/mol. The first-order valence-corrected chi connectivity index (χ1v) is 11.8. The lowest BCUT2D eigenvalue weighted by Crippen LogP contribution is -2.29. The van der Waals surface area contributed by atoms with Crippen LogP contribution in [0.3, 0.4) is 0 Å². The summed E-state index contributed by atoms with van der Waals surface area (Å²) in [5, 5.41) is 23.6. The van der Waals surface area contributed by atoms with E-state index in [1.54, 1.807) is 32.0 Å². The number of hydrogen-bond donors (Lipinski definition) is 1. The Morgan fingerprint density at radius 2 is 1.68 bits per heavy atom. The van der Waals surface area contributed by atoms with Gasteiger partial charge in [0.05, 0.1) is 38.9 Å². The molecule has 1 aliphatic rings. The molecule has 1 unspecified atom stereocenters. The minimum Gasteiger partial charge on any atom is -0.433 e. The summed E-state index contributed by atoms with van der Waals surface area (Å²) in [6.07, 6.45) is -2.23. The number of dihydropyridines is 1. The molecule has 0 fully saturated rings. The monoisotopic (exact) mass is 561 g/mol. The van der Waals surface area contributed by atoms with Crippen molar-refractivity contribution in [2.75, 3.05) is 6.61 Å². The molecule has 198 valence electrons. The van der Waals surface area contributed by atoms with Crippen molar-refractivity contribution in [2.24, 2.45) is 0 Å². The number of carbonyl (C=O) groups excluding carboxylic acids is 2. The zero-order valence-corrected chi connectivity index (χ0v) is 21.7. The molecule has 0 saturated carbocycles. The Balaban J connectivity index is 1.90. The summed E-state index contributed by atoms with van der Waals surface area (Å²) >= 11 is 11.9. The minimum atomic E-state index is -1.10. The Hall–Kier alpha value is -4.27. The van der Waals surface area contributed by atoms with E-state index < -0.39 is 23.2 Å². The van der Waals surface area contributed by atoms with Crippen LogP contribution in [-0.4, -0.2) is 23.8 Å². The van der Waals surface area contributed by atoms with Crippen molar-refractivity contribution in [1.82, 2.24) is 5.32 Å². The molecule has 1 atom stereocenters. The first-order chi connectivity index (χ1) is 18.1. The number of non-ortho nitro benzene ring substituents is 1. The summed E-state index contributed by atoms with van der Waals surface area (Å²) in [6, 6.07) is 12.1. The quantitative estimate of drug-likeness (QED) is 0.164. The number of nitriles is 1. The molecule has 2 aromatic rings. The van der Waals surface area contributed by atoms with E-state index >= 15 is 0 Å². The first-order valence-electron chi connectivity index (χ1n) is 11.0. The van der Waals surface area contributed by atoms with Gasteiger partial charge in [-0.15, -0.1) is 0 Å². The van der Waals surface area contributed by atoms with E-state index in [1.165, 1.54) is 24.3 Å². The maximum Gasteiger partial charge on any atom is 0.513 e. The third-order valence-electron chi connectivity index (χ3n) is 5.21. The van der Waals surface area contributed by atoms with Gasteiger partial charge in [0.2, 0.25) is 0 Å². The molecule has 0 saturated heterocycles. The zero-order valence-electron chi connectivity index (χ0n) is 20.2. The highest BCUT2D eigenvalue weighted by molar-refractivity contribution is 6.42. The molecular formula is C25H21Cl2N3O8. The molecule has 0 radical (unpaired) electrons. The molecule has 0 aliphatic carbocycles. The minimum absolute atomic E-state index is 0.0185. The molecule has 13 heteroatoms. The number of ether oxygens (including phenoxy) is 4. The first kappa shape index (κ1) is 28.3. The van der Waals surface area contributed by atoms with E-state index in [-0.39, 0.29) is 41.9 Å². The van der Waals surface area contributed by atoms with Crippen LogP contribution in [0.2, 0.25) is 10.0 Å². The highest BCUT2D eigenvalue weighted by Gasteiger charge is 2.36. The number of nitrogens with one attached hydrogen (secondary N) is 1. The van der Waals surface area contributed by atoms with Crippen LogP contribution in [0.1, 0.15) is 37.3 Å². The van der Waals surface area contributed by atoms with Gasteiger partial charge in [-0.2, -0.15) is 5.26 Å². The van der Waals surface area contributed by atoms with Crippen LogP contribution in [-0.2, 0) is 25.6 Å². The number of nitro groups is 1. The van der Waals surface area contributed by atoms with Crippen LogP contribution >= 0.6 is 23.2 Å². The van der Waals surface area contributed by atoms with Crippen molar-refractivity contribution >= 4 is 41.2 Å². The predicted molar refractivity (Wildman–Crippen MR) is 135 cm³/mol. The summed E-state index contributed by atoms with van der Waals surface area (Å²) in [5.41, 5.74) is 1.36. The van der Waals surface area contributed by atoms with Crippen molar-refractivity contribution < 1.29 is 33.5 Å². The van der Waals surface area contributed by atoms with E-state index in [9.17, 15) is 19.7 Å². The van der Waals surface area contributed by atoms with Gasteiger partial charge in [0.15, 0.2) is 0 Å². The maximum atomic E-state index is 12.7. The average Bonchev–Trinajstić information content (AvgIpc) is 2.88. The highest BCUT2D eigenvalue weighted by Crippen LogP contribution is 2.40. The summed E-state index contributed by atoms with van der Waals surface area (Å²) in [5.74, 6) is -1.10. The third kappa shape index (κ3) is 7.15. The predicted octanol–water partition coefficient (Wildman–Crippen LogP) is 6.47. The number of benzene rings is 2. The maximum absolute atomic E-state index is 12.7. The lowest BCUT2D eigenvalue weighted by atomic mass is 9.90. The summed E-state index contributed by atoms with van der Waals surface area (Å²) in [6.45, 7) is 2.83. The van der Waals surface area contributed by atoms with Gasteiger partial charge in [-0.3, -0.25) is 10.1 Å². The van der Waals surface area contributed by atoms with Crippen molar-refractivity contribution in [3.8, 4) is 6.07 Å². The Labute approximate surface area is 227 Å². The second-order valence-electron chi connectivity index (χ2n) is 7.89. The molecular weight excluding hydrogens is 541 g/mol. The largest absolute Gasteiger partial charge is 0.513 e. The van der Waals surface area contributed by atoms with Crippen LogP contribution < -0.4 is 5.32 Å². The molecule has 0 amide bonds. The fraction of sp³-hybridized carbons (Fsp3) is 0.240. The number of rotatable bonds is 8. The molecule has 2 aromatic carbocycles. The number of allylic oxidation sites excluding steroid dienone is 2. The van der Waals surface area contributed by atoms with Crippen molar-refractivity contribution in [2.45, 2.75) is 32.8 Å². The molecule has 3 rings (SSSR count). The molecule has 0 aromatic heterocycles. The molecule has 0 bridgehead atoms. The fourth-order valence-corrected chi connectivity index (χ4v) is 3.86. The van der Waals surface area contributed by atoms with Gasteiger partial charge in [0.1, 0.15) is 30.6 Å². The Morgan fingerprint density at radius 3 is 2.29 bits per heavy atom. The smallest absolute Gasteiger partial charge is 0.433 e. The zero-order chi connectivity index (χ0) is 27.8. The third-order valence-corrected chi connectivity index (χ3v) is 5.95. The number of carbonyl (C=O) groups is 2. The molecule has 0 spiro atoms. The van der Waals surface area contributed by atoms with Crippen LogP contribution in [0, 0.1) is 21.4 Å². The number of hydrogen-bond acceptors (Lipinski definition) is 10. The van der Waals surface area contributed by atoms with Crippen LogP contribution in [0.5, 0.6) is 0 Å². The molecule has 1 aliphatic heterocycles. The summed E-state index contributed by atoms with van der Waals surface area (Å²) < 4.78 is 21.1. The lowest BCUT2D eigenvalue weighted by Gasteiger charge is -2.30. The Bertz CT molecular complexity index is 1370. The van der Waals surface area contributed by atoms with Gasteiger partial charge >= 0.3 is 12.3 Å². The molecule has 1 N–H and O–H groups in total. The lowest BCUT2D eigenvalue weighted by molar-refractivity contribution is -0.384. The summed E-state index contributed by atoms with van der Waals surface area (Å²) in [7, 11) is 0. The summed E-state index contributed by atoms with van der Waals surface area (Å²) in [4.78, 5) is 35.8. The van der Waals surface area contributed by atoms with Gasteiger partial charge in [0, 0.05) is 12.1 Å². The second kappa shape index (κ2) is 12.8.